The summed E-state index contributed by atoms with van der Waals surface area (Å²) in [5.41, 5.74) is 2.62. The fourth-order valence-electron chi connectivity index (χ4n) is 4.55. The average Bonchev–Trinajstić information content (AvgIpc) is 2.61. The van der Waals surface area contributed by atoms with Gasteiger partial charge in [0.05, 0.1) is 0 Å². The summed E-state index contributed by atoms with van der Waals surface area (Å²) in [5.74, 6) is 1.93. The zero-order valence-corrected chi connectivity index (χ0v) is 17.0. The van der Waals surface area contributed by atoms with Crippen molar-refractivity contribution >= 4 is 0 Å². The summed E-state index contributed by atoms with van der Waals surface area (Å²) in [6.45, 7) is 12.8. The van der Waals surface area contributed by atoms with Crippen LogP contribution in [0.1, 0.15) is 44.7 Å². The molecule has 0 amide bonds. The van der Waals surface area contributed by atoms with Gasteiger partial charge in [0.2, 0.25) is 0 Å². The number of piperidine rings is 1. The number of aromatic hydroxyl groups is 1. The lowest BCUT2D eigenvalue weighted by molar-refractivity contribution is 0.0979. The Morgan fingerprint density at radius 2 is 1.96 bits per heavy atom. The second kappa shape index (κ2) is 8.73. The molecular formula is C22H37N3O. The Labute approximate surface area is 159 Å². The summed E-state index contributed by atoms with van der Waals surface area (Å²) >= 11 is 0. The highest BCUT2D eigenvalue weighted by atomic mass is 16.3. The van der Waals surface area contributed by atoms with Gasteiger partial charge < -0.3 is 20.2 Å². The average molecular weight is 360 g/mol. The largest absolute Gasteiger partial charge is 0.508 e. The molecule has 2 aliphatic rings. The van der Waals surface area contributed by atoms with Crippen LogP contribution in [0.25, 0.3) is 0 Å². The van der Waals surface area contributed by atoms with Gasteiger partial charge in [0, 0.05) is 31.7 Å². The Morgan fingerprint density at radius 1 is 1.23 bits per heavy atom. The van der Waals surface area contributed by atoms with Gasteiger partial charge in [-0.15, -0.1) is 0 Å². The number of nitrogens with zero attached hydrogens (tertiary/aromatic N) is 2. The monoisotopic (exact) mass is 359 g/mol. The fourth-order valence-corrected chi connectivity index (χ4v) is 4.55. The lowest BCUT2D eigenvalue weighted by Gasteiger charge is -2.40. The number of likely N-dealkylation sites (tertiary alicyclic amines) is 1. The van der Waals surface area contributed by atoms with E-state index >= 15 is 0 Å². The van der Waals surface area contributed by atoms with Crippen molar-refractivity contribution in [2.24, 2.45) is 11.8 Å². The maximum Gasteiger partial charge on any atom is 0.115 e. The molecule has 2 heterocycles. The van der Waals surface area contributed by atoms with E-state index < -0.39 is 0 Å². The Hall–Kier alpha value is -1.10. The first-order chi connectivity index (χ1) is 12.4. The molecule has 4 nitrogen and oxygen atoms in total. The number of nitrogens with one attached hydrogen (secondary N) is 1. The molecule has 2 N–H and O–H groups in total. The van der Waals surface area contributed by atoms with Crippen LogP contribution < -0.4 is 5.32 Å². The highest BCUT2D eigenvalue weighted by molar-refractivity contribution is 5.36. The minimum Gasteiger partial charge on any atom is -0.508 e. The molecule has 146 valence electrons. The third kappa shape index (κ3) is 4.99. The van der Waals surface area contributed by atoms with Crippen molar-refractivity contribution in [3.63, 3.8) is 0 Å². The first kappa shape index (κ1) is 19.7. The Bertz CT molecular complexity index is 581. The van der Waals surface area contributed by atoms with Crippen LogP contribution in [0, 0.1) is 11.8 Å². The van der Waals surface area contributed by atoms with Crippen molar-refractivity contribution in [1.29, 1.82) is 0 Å². The second-order valence-electron chi connectivity index (χ2n) is 8.97. The lowest BCUT2D eigenvalue weighted by Crippen LogP contribution is -2.52. The van der Waals surface area contributed by atoms with Gasteiger partial charge in [-0.25, -0.2) is 0 Å². The number of phenols is 1. The fraction of sp³-hybridized carbons (Fsp3) is 0.727. The number of rotatable bonds is 6. The van der Waals surface area contributed by atoms with Gasteiger partial charge in [0.1, 0.15) is 5.75 Å². The summed E-state index contributed by atoms with van der Waals surface area (Å²) in [4.78, 5) is 5.25. The number of hydrogen-bond donors (Lipinski definition) is 2. The van der Waals surface area contributed by atoms with Crippen LogP contribution in [0.4, 0.5) is 0 Å². The Balaban J connectivity index is 1.56. The summed E-state index contributed by atoms with van der Waals surface area (Å²) in [6.07, 6.45) is 3.75. The van der Waals surface area contributed by atoms with Gasteiger partial charge in [0.25, 0.3) is 0 Å². The van der Waals surface area contributed by atoms with E-state index in [0.29, 0.717) is 23.8 Å². The summed E-state index contributed by atoms with van der Waals surface area (Å²) in [5, 5.41) is 13.3. The molecule has 1 aromatic rings. The van der Waals surface area contributed by atoms with E-state index in [1.165, 1.54) is 43.6 Å². The molecule has 0 spiro atoms. The molecular weight excluding hydrogens is 322 g/mol. The van der Waals surface area contributed by atoms with Crippen LogP contribution in [-0.2, 0) is 13.0 Å². The number of phenolic OH excluding ortho intramolecular Hbond substituents is 1. The lowest BCUT2D eigenvalue weighted by atomic mass is 9.94. The zero-order chi connectivity index (χ0) is 18.7. The molecule has 0 saturated carbocycles. The highest BCUT2D eigenvalue weighted by Gasteiger charge is 2.27. The van der Waals surface area contributed by atoms with E-state index in [1.54, 1.807) is 0 Å². The molecule has 0 bridgehead atoms. The molecule has 1 aromatic carbocycles. The number of benzene rings is 1. The van der Waals surface area contributed by atoms with Gasteiger partial charge in [-0.05, 0) is 74.5 Å². The van der Waals surface area contributed by atoms with E-state index in [-0.39, 0.29) is 0 Å². The van der Waals surface area contributed by atoms with E-state index in [1.807, 2.05) is 12.1 Å². The number of fused-ring (bicyclic) bond motifs is 1. The number of likely N-dealkylation sites (N-methyl/N-ethyl adjacent to an activating group) is 1. The molecule has 0 aliphatic carbocycles. The van der Waals surface area contributed by atoms with Gasteiger partial charge in [-0.2, -0.15) is 0 Å². The maximum atomic E-state index is 9.66. The van der Waals surface area contributed by atoms with Crippen LogP contribution in [0.15, 0.2) is 18.2 Å². The van der Waals surface area contributed by atoms with Crippen LogP contribution in [0.5, 0.6) is 5.75 Å². The first-order valence-corrected chi connectivity index (χ1v) is 10.4. The summed E-state index contributed by atoms with van der Waals surface area (Å²) in [6, 6.07) is 6.90. The van der Waals surface area contributed by atoms with Crippen LogP contribution in [0.3, 0.4) is 0 Å². The SMILES string of the molecule is CC1CCN(CC(C(C)C)N(C)C[C@H]2Cc3ccc(O)cc3CN2)CC1. The topological polar surface area (TPSA) is 38.7 Å². The molecule has 3 rings (SSSR count). The molecule has 4 heteroatoms. The Morgan fingerprint density at radius 3 is 2.65 bits per heavy atom. The number of hydrogen-bond acceptors (Lipinski definition) is 4. The minimum atomic E-state index is 0.372. The summed E-state index contributed by atoms with van der Waals surface area (Å²) < 4.78 is 0. The standard InChI is InChI=1S/C22H37N3O/c1-16(2)22(15-25-9-7-17(3)8-10-25)24(4)14-20-11-18-5-6-21(26)12-19(18)13-23-20/h5-6,12,16-17,20,22-23,26H,7-11,13-15H2,1-4H3/t20-,22?/m1/s1. The normalized spacial score (nSPS) is 23.4. The molecule has 2 aliphatic heterocycles. The maximum absolute atomic E-state index is 9.66. The zero-order valence-electron chi connectivity index (χ0n) is 17.0. The Kier molecular flexibility index (Phi) is 6.60. The van der Waals surface area contributed by atoms with Crippen LogP contribution >= 0.6 is 0 Å². The smallest absolute Gasteiger partial charge is 0.115 e. The van der Waals surface area contributed by atoms with E-state index in [4.69, 9.17) is 0 Å². The van der Waals surface area contributed by atoms with Gasteiger partial charge in [0.15, 0.2) is 0 Å². The van der Waals surface area contributed by atoms with Crippen molar-refractivity contribution in [3.8, 4) is 5.75 Å². The van der Waals surface area contributed by atoms with Crippen LogP contribution in [0.2, 0.25) is 0 Å². The third-order valence-corrected chi connectivity index (χ3v) is 6.40. The molecule has 0 radical (unpaired) electrons. The molecule has 1 unspecified atom stereocenters. The van der Waals surface area contributed by atoms with Crippen molar-refractivity contribution in [3.05, 3.63) is 29.3 Å². The van der Waals surface area contributed by atoms with Gasteiger partial charge in [-0.1, -0.05) is 26.8 Å². The predicted octanol–water partition coefficient (Wildman–Crippen LogP) is 3.09. The third-order valence-electron chi connectivity index (χ3n) is 6.40. The molecule has 1 fully saturated rings. The van der Waals surface area contributed by atoms with Gasteiger partial charge >= 0.3 is 0 Å². The predicted molar refractivity (Wildman–Crippen MR) is 109 cm³/mol. The second-order valence-corrected chi connectivity index (χ2v) is 8.97. The van der Waals surface area contributed by atoms with Crippen molar-refractivity contribution in [2.75, 3.05) is 33.2 Å². The molecule has 2 atom stereocenters. The summed E-state index contributed by atoms with van der Waals surface area (Å²) in [7, 11) is 2.30. The van der Waals surface area contributed by atoms with E-state index in [2.05, 4.69) is 49.0 Å². The molecule has 1 saturated heterocycles. The van der Waals surface area contributed by atoms with Crippen molar-refractivity contribution in [2.45, 2.75) is 58.7 Å². The quantitative estimate of drug-likeness (QED) is 0.819. The van der Waals surface area contributed by atoms with Crippen molar-refractivity contribution in [1.82, 2.24) is 15.1 Å². The van der Waals surface area contributed by atoms with E-state index in [9.17, 15) is 5.11 Å². The van der Waals surface area contributed by atoms with Gasteiger partial charge in [-0.3, -0.25) is 0 Å². The molecule has 0 aromatic heterocycles. The van der Waals surface area contributed by atoms with E-state index in [0.717, 1.165) is 25.4 Å². The van der Waals surface area contributed by atoms with Crippen molar-refractivity contribution < 1.29 is 5.11 Å². The highest BCUT2D eigenvalue weighted by Crippen LogP contribution is 2.23. The minimum absolute atomic E-state index is 0.372. The van der Waals surface area contributed by atoms with Crippen LogP contribution in [-0.4, -0.2) is 60.2 Å². The molecule has 26 heavy (non-hydrogen) atoms. The first-order valence-electron chi connectivity index (χ1n) is 10.4.